The highest BCUT2D eigenvalue weighted by molar-refractivity contribution is 7.12. The number of benzene rings is 1. The Morgan fingerprint density at radius 1 is 1.33 bits per heavy atom. The van der Waals surface area contributed by atoms with Gasteiger partial charge in [0.2, 0.25) is 6.10 Å². The highest BCUT2D eigenvalue weighted by Gasteiger charge is 2.34. The van der Waals surface area contributed by atoms with Crippen LogP contribution in [0.4, 0.5) is 5.69 Å². The summed E-state index contributed by atoms with van der Waals surface area (Å²) in [5.41, 5.74) is 0.546. The molecule has 0 saturated heterocycles. The van der Waals surface area contributed by atoms with Crippen molar-refractivity contribution < 1.29 is 19.4 Å². The zero-order chi connectivity index (χ0) is 15.0. The summed E-state index contributed by atoms with van der Waals surface area (Å²) in [6, 6.07) is 8.48. The summed E-state index contributed by atoms with van der Waals surface area (Å²) < 4.78 is 5.40. The fourth-order valence-corrected chi connectivity index (χ4v) is 3.21. The summed E-state index contributed by atoms with van der Waals surface area (Å²) in [5, 5.41) is 11.2. The number of carbonyl (C=O) groups excluding carboxylic acids is 1. The lowest BCUT2D eigenvalue weighted by Crippen LogP contribution is -2.47. The van der Waals surface area contributed by atoms with Gasteiger partial charge in [-0.2, -0.15) is 0 Å². The monoisotopic (exact) mass is 323 g/mol. The van der Waals surface area contributed by atoms with E-state index in [-0.39, 0.29) is 12.5 Å². The Kier molecular flexibility index (Phi) is 3.57. The number of nitrogens with zero attached hydrogens (tertiary/aromatic N) is 1. The predicted molar refractivity (Wildman–Crippen MR) is 79.5 cm³/mol. The van der Waals surface area contributed by atoms with Crippen molar-refractivity contribution in [3.05, 3.63) is 45.6 Å². The van der Waals surface area contributed by atoms with Crippen LogP contribution in [0.1, 0.15) is 9.67 Å². The number of aliphatic carboxylic acids is 1. The number of amides is 1. The third-order valence-electron chi connectivity index (χ3n) is 3.11. The average Bonchev–Trinajstić information content (AvgIpc) is 2.91. The Morgan fingerprint density at radius 3 is 2.76 bits per heavy atom. The topological polar surface area (TPSA) is 66.8 Å². The molecule has 1 unspecified atom stereocenters. The van der Waals surface area contributed by atoms with E-state index in [1.54, 1.807) is 35.7 Å². The number of thiophene rings is 1. The minimum atomic E-state index is -1.11. The number of para-hydroxylation sites is 2. The summed E-state index contributed by atoms with van der Waals surface area (Å²) in [5.74, 6) is -1.06. The molecule has 3 rings (SSSR count). The van der Waals surface area contributed by atoms with Crippen LogP contribution in [-0.2, 0) is 4.79 Å². The first-order valence-electron chi connectivity index (χ1n) is 6.11. The minimum Gasteiger partial charge on any atom is -0.478 e. The number of carboxylic acid groups (broad SMARTS) is 1. The number of fused-ring (bicyclic) bond motifs is 1. The number of rotatable bonds is 2. The number of ether oxygens (including phenoxy) is 1. The second-order valence-corrected chi connectivity index (χ2v) is 5.75. The Morgan fingerprint density at radius 2 is 2.10 bits per heavy atom. The zero-order valence-electron chi connectivity index (χ0n) is 10.7. The van der Waals surface area contributed by atoms with Gasteiger partial charge in [-0.3, -0.25) is 9.69 Å². The van der Waals surface area contributed by atoms with Gasteiger partial charge in [0, 0.05) is 0 Å². The van der Waals surface area contributed by atoms with E-state index >= 15 is 0 Å². The molecule has 5 nitrogen and oxygen atoms in total. The normalized spacial score (nSPS) is 17.0. The van der Waals surface area contributed by atoms with E-state index in [0.717, 1.165) is 0 Å². The largest absolute Gasteiger partial charge is 0.478 e. The predicted octanol–water partition coefficient (Wildman–Crippen LogP) is 2.89. The number of hydrogen-bond acceptors (Lipinski definition) is 4. The van der Waals surface area contributed by atoms with Crippen molar-refractivity contribution in [2.24, 2.45) is 0 Å². The Hall–Kier alpha value is -2.05. The number of carboxylic acids is 1. The molecule has 0 spiro atoms. The first-order chi connectivity index (χ1) is 10.1. The Labute approximate surface area is 129 Å². The van der Waals surface area contributed by atoms with Gasteiger partial charge in [-0.25, -0.2) is 4.79 Å². The van der Waals surface area contributed by atoms with Crippen LogP contribution in [0.3, 0.4) is 0 Å². The number of halogens is 1. The third-order valence-corrected chi connectivity index (χ3v) is 4.44. The van der Waals surface area contributed by atoms with Crippen molar-refractivity contribution in [3.63, 3.8) is 0 Å². The summed E-state index contributed by atoms with van der Waals surface area (Å²) in [6.45, 7) is -0.0561. The molecule has 2 heterocycles. The summed E-state index contributed by atoms with van der Waals surface area (Å²) in [4.78, 5) is 25.6. The maximum absolute atomic E-state index is 12.6. The number of carbonyl (C=O) groups is 2. The van der Waals surface area contributed by atoms with Crippen LogP contribution in [0.2, 0.25) is 5.02 Å². The second-order valence-electron chi connectivity index (χ2n) is 4.43. The SMILES string of the molecule is O=C(O)C1CN(C(=O)c2sccc2Cl)c2ccccc2O1. The summed E-state index contributed by atoms with van der Waals surface area (Å²) in [6.07, 6.45) is -1.09. The molecule has 1 N–H and O–H groups in total. The maximum atomic E-state index is 12.6. The van der Waals surface area contributed by atoms with E-state index in [9.17, 15) is 9.59 Å². The molecule has 0 fully saturated rings. The first kappa shape index (κ1) is 13.9. The van der Waals surface area contributed by atoms with Crippen molar-refractivity contribution in [2.45, 2.75) is 6.10 Å². The van der Waals surface area contributed by atoms with Gasteiger partial charge < -0.3 is 9.84 Å². The molecule has 1 amide bonds. The lowest BCUT2D eigenvalue weighted by Gasteiger charge is -2.32. The molecular weight excluding hydrogens is 314 g/mol. The highest BCUT2D eigenvalue weighted by atomic mass is 35.5. The summed E-state index contributed by atoms with van der Waals surface area (Å²) >= 11 is 7.22. The standard InChI is InChI=1S/C14H10ClNO4S/c15-8-5-6-21-12(8)13(17)16-7-11(14(18)19)20-10-4-2-1-3-9(10)16/h1-6,11H,7H2,(H,18,19). The van der Waals surface area contributed by atoms with Crippen LogP contribution >= 0.6 is 22.9 Å². The molecule has 0 radical (unpaired) electrons. The van der Waals surface area contributed by atoms with Gasteiger partial charge >= 0.3 is 5.97 Å². The Bertz CT molecular complexity index is 715. The van der Waals surface area contributed by atoms with Crippen LogP contribution in [-0.4, -0.2) is 29.6 Å². The van der Waals surface area contributed by atoms with Crippen LogP contribution in [0.5, 0.6) is 5.75 Å². The quantitative estimate of drug-likeness (QED) is 0.922. The van der Waals surface area contributed by atoms with Gasteiger partial charge in [0.25, 0.3) is 5.91 Å². The molecule has 0 saturated carbocycles. The molecule has 7 heteroatoms. The van der Waals surface area contributed by atoms with Crippen LogP contribution < -0.4 is 9.64 Å². The van der Waals surface area contributed by atoms with Crippen molar-refractivity contribution in [1.29, 1.82) is 0 Å². The molecule has 1 aromatic carbocycles. The van der Waals surface area contributed by atoms with Crippen LogP contribution in [0, 0.1) is 0 Å². The van der Waals surface area contributed by atoms with Crippen molar-refractivity contribution in [2.75, 3.05) is 11.4 Å². The van der Waals surface area contributed by atoms with Gasteiger partial charge in [-0.05, 0) is 23.6 Å². The van der Waals surface area contributed by atoms with E-state index in [4.69, 9.17) is 21.4 Å². The molecule has 1 aliphatic rings. The van der Waals surface area contributed by atoms with E-state index in [2.05, 4.69) is 0 Å². The van der Waals surface area contributed by atoms with Gasteiger partial charge in [-0.15, -0.1) is 11.3 Å². The van der Waals surface area contributed by atoms with Crippen molar-refractivity contribution >= 4 is 40.5 Å². The van der Waals surface area contributed by atoms with E-state index in [1.165, 1.54) is 16.2 Å². The molecule has 2 aromatic rings. The van der Waals surface area contributed by atoms with E-state index < -0.39 is 12.1 Å². The van der Waals surface area contributed by atoms with Crippen molar-refractivity contribution in [1.82, 2.24) is 0 Å². The van der Waals surface area contributed by atoms with Gasteiger partial charge in [-0.1, -0.05) is 23.7 Å². The van der Waals surface area contributed by atoms with E-state index in [0.29, 0.717) is 21.3 Å². The fraction of sp³-hybridized carbons (Fsp3) is 0.143. The molecule has 1 atom stereocenters. The molecule has 1 aromatic heterocycles. The smallest absolute Gasteiger partial charge is 0.346 e. The van der Waals surface area contributed by atoms with Gasteiger partial charge in [0.15, 0.2) is 0 Å². The van der Waals surface area contributed by atoms with Gasteiger partial charge in [0.05, 0.1) is 17.3 Å². The lowest BCUT2D eigenvalue weighted by atomic mass is 10.1. The van der Waals surface area contributed by atoms with Gasteiger partial charge in [0.1, 0.15) is 10.6 Å². The molecule has 1 aliphatic heterocycles. The van der Waals surface area contributed by atoms with Crippen LogP contribution in [0.25, 0.3) is 0 Å². The molecular formula is C14H10ClNO4S. The van der Waals surface area contributed by atoms with Crippen LogP contribution in [0.15, 0.2) is 35.7 Å². The number of hydrogen-bond donors (Lipinski definition) is 1. The first-order valence-corrected chi connectivity index (χ1v) is 7.37. The highest BCUT2D eigenvalue weighted by Crippen LogP contribution is 2.35. The molecule has 0 bridgehead atoms. The average molecular weight is 324 g/mol. The molecule has 21 heavy (non-hydrogen) atoms. The maximum Gasteiger partial charge on any atom is 0.346 e. The lowest BCUT2D eigenvalue weighted by molar-refractivity contribution is -0.144. The molecule has 108 valence electrons. The summed E-state index contributed by atoms with van der Waals surface area (Å²) in [7, 11) is 0. The third kappa shape index (κ3) is 2.48. The second kappa shape index (κ2) is 5.38. The van der Waals surface area contributed by atoms with E-state index in [1.807, 2.05) is 0 Å². The zero-order valence-corrected chi connectivity index (χ0v) is 12.2. The minimum absolute atomic E-state index is 0.0561. The number of anilines is 1. The Balaban J connectivity index is 2.02. The van der Waals surface area contributed by atoms with Crippen molar-refractivity contribution in [3.8, 4) is 5.75 Å². The fourth-order valence-electron chi connectivity index (χ4n) is 2.12. The molecule has 0 aliphatic carbocycles.